The van der Waals surface area contributed by atoms with Crippen LogP contribution in [0.25, 0.3) is 0 Å². The van der Waals surface area contributed by atoms with Crippen LogP contribution < -0.4 is 11.1 Å². The summed E-state index contributed by atoms with van der Waals surface area (Å²) in [6, 6.07) is 7.66. The molecule has 0 aromatic heterocycles. The molecule has 0 saturated heterocycles. The quantitative estimate of drug-likeness (QED) is 0.833. The van der Waals surface area contributed by atoms with E-state index in [4.69, 9.17) is 10.5 Å². The van der Waals surface area contributed by atoms with Crippen LogP contribution in [0.15, 0.2) is 24.3 Å². The molecule has 1 atom stereocenters. The van der Waals surface area contributed by atoms with E-state index in [0.29, 0.717) is 6.54 Å². The lowest BCUT2D eigenvalue weighted by molar-refractivity contribution is -0.131. The molecule has 1 aromatic rings. The Bertz CT molecular complexity index is 536. The summed E-state index contributed by atoms with van der Waals surface area (Å²) in [5.74, 6) is 5.68. The monoisotopic (exact) mass is 288 g/mol. The molecule has 0 heterocycles. The highest BCUT2D eigenvalue weighted by Crippen LogP contribution is 2.14. The smallest absolute Gasteiger partial charge is 0.246 e. The fourth-order valence-electron chi connectivity index (χ4n) is 1.69. The van der Waals surface area contributed by atoms with Crippen LogP contribution in [0.2, 0.25) is 0 Å². The molecule has 0 bridgehead atoms. The third kappa shape index (κ3) is 6.94. The SMILES string of the molecule is CC(NC(=O)COC(C)(C)C)c1cccc(C#CCN)c1. The van der Waals surface area contributed by atoms with Gasteiger partial charge >= 0.3 is 0 Å². The highest BCUT2D eigenvalue weighted by Gasteiger charge is 2.15. The molecule has 0 fully saturated rings. The van der Waals surface area contributed by atoms with E-state index >= 15 is 0 Å². The predicted octanol–water partition coefficient (Wildman–Crippen LogP) is 1.99. The lowest BCUT2D eigenvalue weighted by Gasteiger charge is -2.20. The fourth-order valence-corrected chi connectivity index (χ4v) is 1.69. The molecular weight excluding hydrogens is 264 g/mol. The van der Waals surface area contributed by atoms with Gasteiger partial charge in [-0.3, -0.25) is 4.79 Å². The van der Waals surface area contributed by atoms with Crippen LogP contribution in [0.3, 0.4) is 0 Å². The Morgan fingerprint density at radius 2 is 2.14 bits per heavy atom. The van der Waals surface area contributed by atoms with Crippen LogP contribution in [0.5, 0.6) is 0 Å². The third-order valence-corrected chi connectivity index (χ3v) is 2.74. The first-order valence-corrected chi connectivity index (χ1v) is 7.04. The molecular formula is C17H24N2O2. The maximum Gasteiger partial charge on any atom is 0.246 e. The Hall–Kier alpha value is -1.83. The van der Waals surface area contributed by atoms with Crippen molar-refractivity contribution in [3.05, 3.63) is 35.4 Å². The first-order valence-electron chi connectivity index (χ1n) is 7.04. The van der Waals surface area contributed by atoms with Gasteiger partial charge in [0.15, 0.2) is 0 Å². The molecule has 1 rings (SSSR count). The van der Waals surface area contributed by atoms with Gasteiger partial charge in [0.25, 0.3) is 0 Å². The molecule has 3 N–H and O–H groups in total. The average molecular weight is 288 g/mol. The Morgan fingerprint density at radius 3 is 2.76 bits per heavy atom. The van der Waals surface area contributed by atoms with Crippen molar-refractivity contribution in [2.45, 2.75) is 39.3 Å². The number of nitrogens with two attached hydrogens (primary N) is 1. The topological polar surface area (TPSA) is 64.3 Å². The lowest BCUT2D eigenvalue weighted by Crippen LogP contribution is -2.33. The van der Waals surface area contributed by atoms with Crippen molar-refractivity contribution in [2.75, 3.05) is 13.2 Å². The van der Waals surface area contributed by atoms with Gasteiger partial charge in [-0.05, 0) is 45.4 Å². The van der Waals surface area contributed by atoms with E-state index in [1.54, 1.807) is 0 Å². The molecule has 0 aliphatic heterocycles. The second kappa shape index (κ2) is 7.82. The van der Waals surface area contributed by atoms with Crippen LogP contribution in [0.1, 0.15) is 44.9 Å². The molecule has 1 aromatic carbocycles. The minimum absolute atomic E-state index is 0.0561. The largest absolute Gasteiger partial charge is 0.366 e. The molecule has 4 heteroatoms. The van der Waals surface area contributed by atoms with E-state index in [-0.39, 0.29) is 24.2 Å². The van der Waals surface area contributed by atoms with E-state index in [2.05, 4.69) is 17.2 Å². The summed E-state index contributed by atoms with van der Waals surface area (Å²) < 4.78 is 5.46. The number of hydrogen-bond donors (Lipinski definition) is 2. The van der Waals surface area contributed by atoms with Crippen molar-refractivity contribution in [1.82, 2.24) is 5.32 Å². The molecule has 0 aliphatic carbocycles. The third-order valence-electron chi connectivity index (χ3n) is 2.74. The maximum absolute atomic E-state index is 11.8. The van der Waals surface area contributed by atoms with Crippen LogP contribution in [0, 0.1) is 11.8 Å². The van der Waals surface area contributed by atoms with Crippen LogP contribution in [0.4, 0.5) is 0 Å². The zero-order chi connectivity index (χ0) is 15.9. The number of hydrogen-bond acceptors (Lipinski definition) is 3. The molecule has 1 amide bonds. The Labute approximate surface area is 127 Å². The Morgan fingerprint density at radius 1 is 1.43 bits per heavy atom. The van der Waals surface area contributed by atoms with Crippen molar-refractivity contribution in [3.8, 4) is 11.8 Å². The van der Waals surface area contributed by atoms with Gasteiger partial charge in [0.2, 0.25) is 5.91 Å². The van der Waals surface area contributed by atoms with Crippen molar-refractivity contribution in [1.29, 1.82) is 0 Å². The van der Waals surface area contributed by atoms with Gasteiger partial charge in [-0.2, -0.15) is 0 Å². The molecule has 4 nitrogen and oxygen atoms in total. The highest BCUT2D eigenvalue weighted by molar-refractivity contribution is 5.77. The van der Waals surface area contributed by atoms with Gasteiger partial charge < -0.3 is 15.8 Å². The van der Waals surface area contributed by atoms with E-state index < -0.39 is 0 Å². The van der Waals surface area contributed by atoms with Crippen LogP contribution in [-0.4, -0.2) is 24.7 Å². The van der Waals surface area contributed by atoms with E-state index in [9.17, 15) is 4.79 Å². The average Bonchev–Trinajstić information content (AvgIpc) is 2.42. The summed E-state index contributed by atoms with van der Waals surface area (Å²) >= 11 is 0. The summed E-state index contributed by atoms with van der Waals surface area (Å²) in [5.41, 5.74) is 6.94. The summed E-state index contributed by atoms with van der Waals surface area (Å²) in [6.07, 6.45) is 0. The van der Waals surface area contributed by atoms with Gasteiger partial charge in [-0.15, -0.1) is 0 Å². The zero-order valence-electron chi connectivity index (χ0n) is 13.2. The number of carbonyl (C=O) groups is 1. The number of ether oxygens (including phenoxy) is 1. The first-order chi connectivity index (χ1) is 9.81. The molecule has 0 saturated carbocycles. The Balaban J connectivity index is 2.63. The van der Waals surface area contributed by atoms with Crippen molar-refractivity contribution in [2.24, 2.45) is 5.73 Å². The van der Waals surface area contributed by atoms with Gasteiger partial charge in [-0.1, -0.05) is 24.0 Å². The standard InChI is InChI=1S/C17H24N2O2/c1-13(19-16(20)12-21-17(2,3)4)15-9-5-7-14(11-15)8-6-10-18/h5,7,9,11,13H,10,12,18H2,1-4H3,(H,19,20). The second-order valence-corrected chi connectivity index (χ2v) is 5.82. The van der Waals surface area contributed by atoms with Gasteiger partial charge in [-0.25, -0.2) is 0 Å². The van der Waals surface area contributed by atoms with Crippen molar-refractivity contribution < 1.29 is 9.53 Å². The van der Waals surface area contributed by atoms with E-state index in [1.807, 2.05) is 52.0 Å². The van der Waals surface area contributed by atoms with E-state index in [1.165, 1.54) is 0 Å². The summed E-state index contributed by atoms with van der Waals surface area (Å²) in [6.45, 7) is 8.08. The number of benzene rings is 1. The molecule has 1 unspecified atom stereocenters. The number of carbonyl (C=O) groups excluding carboxylic acids is 1. The van der Waals surface area contributed by atoms with Gasteiger partial charge in [0, 0.05) is 5.56 Å². The number of amides is 1. The van der Waals surface area contributed by atoms with Gasteiger partial charge in [0.1, 0.15) is 6.61 Å². The molecule has 0 radical (unpaired) electrons. The molecule has 0 spiro atoms. The number of nitrogens with one attached hydrogen (secondary N) is 1. The van der Waals surface area contributed by atoms with Crippen LogP contribution >= 0.6 is 0 Å². The molecule has 114 valence electrons. The second-order valence-electron chi connectivity index (χ2n) is 5.82. The summed E-state index contributed by atoms with van der Waals surface area (Å²) in [4.78, 5) is 11.8. The first kappa shape index (κ1) is 17.2. The minimum atomic E-state index is -0.321. The normalized spacial score (nSPS) is 12.2. The predicted molar refractivity (Wildman–Crippen MR) is 84.6 cm³/mol. The maximum atomic E-state index is 11.8. The van der Waals surface area contributed by atoms with Crippen molar-refractivity contribution in [3.63, 3.8) is 0 Å². The molecule has 21 heavy (non-hydrogen) atoms. The van der Waals surface area contributed by atoms with E-state index in [0.717, 1.165) is 11.1 Å². The highest BCUT2D eigenvalue weighted by atomic mass is 16.5. The Kier molecular flexibility index (Phi) is 6.41. The zero-order valence-corrected chi connectivity index (χ0v) is 13.2. The van der Waals surface area contributed by atoms with Crippen molar-refractivity contribution >= 4 is 5.91 Å². The fraction of sp³-hybridized carbons (Fsp3) is 0.471. The van der Waals surface area contributed by atoms with Gasteiger partial charge in [0.05, 0.1) is 18.2 Å². The number of rotatable bonds is 4. The minimum Gasteiger partial charge on any atom is -0.366 e. The van der Waals surface area contributed by atoms with Crippen LogP contribution in [-0.2, 0) is 9.53 Å². The summed E-state index contributed by atoms with van der Waals surface area (Å²) in [7, 11) is 0. The molecule has 0 aliphatic rings. The summed E-state index contributed by atoms with van der Waals surface area (Å²) in [5, 5.41) is 2.92. The lowest BCUT2D eigenvalue weighted by atomic mass is 10.1.